The van der Waals surface area contributed by atoms with Gasteiger partial charge in [0, 0.05) is 13.0 Å². The molecule has 0 heterocycles. The molecule has 164 valence electrons. The van der Waals surface area contributed by atoms with Crippen LogP contribution in [0.5, 0.6) is 0 Å². The van der Waals surface area contributed by atoms with Crippen molar-refractivity contribution in [3.05, 3.63) is 11.6 Å². The van der Waals surface area contributed by atoms with Crippen molar-refractivity contribution >= 4 is 5.78 Å². The highest BCUT2D eigenvalue weighted by molar-refractivity contribution is 5.91. The summed E-state index contributed by atoms with van der Waals surface area (Å²) in [5.74, 6) is 5.13. The molecule has 0 radical (unpaired) electrons. The Labute approximate surface area is 178 Å². The molecule has 0 aliphatic heterocycles. The van der Waals surface area contributed by atoms with E-state index in [9.17, 15) is 9.90 Å². The van der Waals surface area contributed by atoms with Crippen molar-refractivity contribution in [2.75, 3.05) is 6.61 Å². The van der Waals surface area contributed by atoms with Crippen LogP contribution in [0.1, 0.15) is 98.3 Å². The monoisotopic (exact) mass is 400 g/mol. The number of ketones is 1. The van der Waals surface area contributed by atoms with E-state index in [1.54, 1.807) is 0 Å². The summed E-state index contributed by atoms with van der Waals surface area (Å²) in [5.41, 5.74) is 2.34. The minimum Gasteiger partial charge on any atom is -0.396 e. The van der Waals surface area contributed by atoms with Gasteiger partial charge < -0.3 is 5.11 Å². The lowest BCUT2D eigenvalue weighted by atomic mass is 9.46. The van der Waals surface area contributed by atoms with Gasteiger partial charge >= 0.3 is 0 Å². The third kappa shape index (κ3) is 3.66. The minimum atomic E-state index is 0.308. The van der Waals surface area contributed by atoms with Crippen molar-refractivity contribution in [2.45, 2.75) is 98.3 Å². The van der Waals surface area contributed by atoms with Crippen LogP contribution in [0.4, 0.5) is 0 Å². The fourth-order valence-corrected chi connectivity index (χ4v) is 8.62. The fourth-order valence-electron chi connectivity index (χ4n) is 8.62. The van der Waals surface area contributed by atoms with E-state index in [2.05, 4.69) is 27.7 Å². The molecule has 8 atom stereocenters. The molecule has 0 aromatic carbocycles. The van der Waals surface area contributed by atoms with Crippen LogP contribution in [0.3, 0.4) is 0 Å². The van der Waals surface area contributed by atoms with E-state index in [0.29, 0.717) is 29.1 Å². The molecule has 4 aliphatic carbocycles. The van der Waals surface area contributed by atoms with E-state index >= 15 is 0 Å². The Kier molecular flexibility index (Phi) is 6.06. The summed E-state index contributed by atoms with van der Waals surface area (Å²) in [6, 6.07) is 0. The van der Waals surface area contributed by atoms with Crippen molar-refractivity contribution in [3.8, 4) is 0 Å². The first-order chi connectivity index (χ1) is 13.8. The average molecular weight is 401 g/mol. The van der Waals surface area contributed by atoms with Gasteiger partial charge in [0.05, 0.1) is 0 Å². The maximum atomic E-state index is 12.0. The molecule has 3 saturated carbocycles. The summed E-state index contributed by atoms with van der Waals surface area (Å²) in [5, 5.41) is 9.31. The number of hydrogen-bond donors (Lipinski definition) is 1. The first-order valence-corrected chi connectivity index (χ1v) is 12.6. The number of aliphatic hydroxyl groups is 1. The Morgan fingerprint density at radius 3 is 2.59 bits per heavy atom. The zero-order valence-electron chi connectivity index (χ0n) is 19.4. The number of carbonyl (C=O) groups is 1. The van der Waals surface area contributed by atoms with Crippen LogP contribution in [0.25, 0.3) is 0 Å². The van der Waals surface area contributed by atoms with Crippen molar-refractivity contribution in [1.82, 2.24) is 0 Å². The quantitative estimate of drug-likeness (QED) is 0.547. The lowest BCUT2D eigenvalue weighted by Gasteiger charge is -2.58. The molecule has 0 amide bonds. The maximum absolute atomic E-state index is 12.0. The number of carbonyl (C=O) groups excluding carboxylic acids is 1. The molecule has 0 saturated heterocycles. The lowest BCUT2D eigenvalue weighted by molar-refractivity contribution is -0.117. The molecule has 4 aliphatic rings. The van der Waals surface area contributed by atoms with Gasteiger partial charge in [-0.25, -0.2) is 0 Å². The predicted molar refractivity (Wildman–Crippen MR) is 119 cm³/mol. The summed E-state index contributed by atoms with van der Waals surface area (Å²) in [7, 11) is 0. The Bertz CT molecular complexity index is 651. The standard InChI is InChI=1S/C27H44O2/c1-18(17-28)6-5-7-19(2)23-10-11-24-22-9-8-20-16-21(29)12-14-26(20,3)25(22)13-15-27(23,24)4/h16,18-19,22-25,28H,5-15,17H2,1-4H3/t18-,19?,22?,23+,24?,25?,26-,27+/m0/s1. The van der Waals surface area contributed by atoms with Crippen molar-refractivity contribution < 1.29 is 9.90 Å². The Morgan fingerprint density at radius 2 is 1.83 bits per heavy atom. The van der Waals surface area contributed by atoms with Gasteiger partial charge in [-0.05, 0) is 104 Å². The number of aliphatic hydroxyl groups excluding tert-OH is 1. The second-order valence-corrected chi connectivity index (χ2v) is 11.9. The van der Waals surface area contributed by atoms with Crippen LogP contribution in [-0.4, -0.2) is 17.5 Å². The maximum Gasteiger partial charge on any atom is 0.155 e. The van der Waals surface area contributed by atoms with E-state index in [1.807, 2.05) is 6.08 Å². The molecule has 4 rings (SSSR count). The summed E-state index contributed by atoms with van der Waals surface area (Å²) >= 11 is 0. The van der Waals surface area contributed by atoms with Crippen LogP contribution in [0, 0.1) is 46.3 Å². The van der Waals surface area contributed by atoms with Crippen molar-refractivity contribution in [1.29, 1.82) is 0 Å². The van der Waals surface area contributed by atoms with Gasteiger partial charge in [-0.2, -0.15) is 0 Å². The van der Waals surface area contributed by atoms with Crippen LogP contribution >= 0.6 is 0 Å². The molecule has 29 heavy (non-hydrogen) atoms. The van der Waals surface area contributed by atoms with Gasteiger partial charge in [0.1, 0.15) is 0 Å². The van der Waals surface area contributed by atoms with Crippen LogP contribution < -0.4 is 0 Å². The minimum absolute atomic E-state index is 0.308. The summed E-state index contributed by atoms with van der Waals surface area (Å²) < 4.78 is 0. The van der Waals surface area contributed by atoms with Crippen molar-refractivity contribution in [2.24, 2.45) is 46.3 Å². The predicted octanol–water partition coefficient (Wildman–Crippen LogP) is 6.57. The Hall–Kier alpha value is -0.630. The summed E-state index contributed by atoms with van der Waals surface area (Å²) in [6.07, 6.45) is 15.8. The third-order valence-electron chi connectivity index (χ3n) is 10.4. The van der Waals surface area contributed by atoms with E-state index < -0.39 is 0 Å². The molecule has 1 N–H and O–H groups in total. The van der Waals surface area contributed by atoms with Gasteiger partial charge in [-0.3, -0.25) is 4.79 Å². The molecular formula is C27H44O2. The van der Waals surface area contributed by atoms with Crippen LogP contribution in [-0.2, 0) is 4.79 Å². The largest absolute Gasteiger partial charge is 0.396 e. The number of rotatable bonds is 6. The number of fused-ring (bicyclic) bond motifs is 5. The molecule has 2 nitrogen and oxygen atoms in total. The smallest absolute Gasteiger partial charge is 0.155 e. The van der Waals surface area contributed by atoms with Crippen molar-refractivity contribution in [3.63, 3.8) is 0 Å². The first-order valence-electron chi connectivity index (χ1n) is 12.6. The summed E-state index contributed by atoms with van der Waals surface area (Å²) in [6.45, 7) is 10.2. The third-order valence-corrected chi connectivity index (χ3v) is 10.4. The second kappa shape index (κ2) is 8.13. The fraction of sp³-hybridized carbons (Fsp3) is 0.889. The molecule has 2 heteroatoms. The topological polar surface area (TPSA) is 37.3 Å². The van der Waals surface area contributed by atoms with E-state index in [4.69, 9.17) is 0 Å². The second-order valence-electron chi connectivity index (χ2n) is 11.9. The molecule has 0 spiro atoms. The highest BCUT2D eigenvalue weighted by Gasteiger charge is 2.59. The van der Waals surface area contributed by atoms with E-state index in [0.717, 1.165) is 42.4 Å². The highest BCUT2D eigenvalue weighted by atomic mass is 16.3. The zero-order chi connectivity index (χ0) is 20.8. The van der Waals surface area contributed by atoms with Gasteiger partial charge in [0.2, 0.25) is 0 Å². The van der Waals surface area contributed by atoms with Crippen LogP contribution in [0.15, 0.2) is 11.6 Å². The average Bonchev–Trinajstić information content (AvgIpc) is 3.05. The molecule has 0 bridgehead atoms. The Balaban J connectivity index is 1.46. The van der Waals surface area contributed by atoms with E-state index in [1.165, 1.54) is 63.4 Å². The molecular weight excluding hydrogens is 356 g/mol. The zero-order valence-corrected chi connectivity index (χ0v) is 19.4. The van der Waals surface area contributed by atoms with Gasteiger partial charge in [0.25, 0.3) is 0 Å². The van der Waals surface area contributed by atoms with Crippen LogP contribution in [0.2, 0.25) is 0 Å². The van der Waals surface area contributed by atoms with Gasteiger partial charge in [-0.15, -0.1) is 0 Å². The van der Waals surface area contributed by atoms with E-state index in [-0.39, 0.29) is 0 Å². The Morgan fingerprint density at radius 1 is 1.03 bits per heavy atom. The first kappa shape index (κ1) is 21.6. The number of allylic oxidation sites excluding steroid dienone is 1. The molecule has 0 aromatic heterocycles. The summed E-state index contributed by atoms with van der Waals surface area (Å²) in [4.78, 5) is 12.0. The highest BCUT2D eigenvalue weighted by Crippen LogP contribution is 2.67. The molecule has 0 aromatic rings. The lowest BCUT2D eigenvalue weighted by Crippen LogP contribution is -2.50. The molecule has 3 fully saturated rings. The van der Waals surface area contributed by atoms with Gasteiger partial charge in [-0.1, -0.05) is 46.1 Å². The normalized spacial score (nSPS) is 43.8. The van der Waals surface area contributed by atoms with Gasteiger partial charge in [0.15, 0.2) is 5.78 Å². The number of hydrogen-bond acceptors (Lipinski definition) is 2. The SMILES string of the molecule is CC(CCC[C@H](C)CO)[C@H]1CCC2C3CCC4=CC(=O)CC[C@]4(C)C3CC[C@@]21C. The molecule has 4 unspecified atom stereocenters.